The van der Waals surface area contributed by atoms with Crippen molar-refractivity contribution in [1.29, 1.82) is 0 Å². The number of hydrogen-bond donors (Lipinski definition) is 2. The number of carbonyl (C=O) groups is 1. The minimum atomic E-state index is -3.29. The average Bonchev–Trinajstić information content (AvgIpc) is 3.43. The Morgan fingerprint density at radius 1 is 1.08 bits per heavy atom. The third kappa shape index (κ3) is 5.46. The van der Waals surface area contributed by atoms with Gasteiger partial charge in [0, 0.05) is 11.8 Å². The Hall–Kier alpha value is -2.60. The van der Waals surface area contributed by atoms with Gasteiger partial charge in [0.2, 0.25) is 15.9 Å². The molecule has 6 heteroatoms. The summed E-state index contributed by atoms with van der Waals surface area (Å²) in [7, 11) is -3.29. The molecule has 2 aromatic rings. The first-order valence-corrected chi connectivity index (χ1v) is 10.4. The normalized spacial score (nSPS) is 15.6. The van der Waals surface area contributed by atoms with Gasteiger partial charge in [-0.05, 0) is 48.1 Å². The maximum atomic E-state index is 12.3. The molecule has 1 fully saturated rings. The molecule has 5 nitrogen and oxygen atoms in total. The van der Waals surface area contributed by atoms with Crippen LogP contribution in [-0.4, -0.2) is 20.6 Å². The molecule has 0 heterocycles. The van der Waals surface area contributed by atoms with Crippen molar-refractivity contribution in [2.75, 3.05) is 11.0 Å². The lowest BCUT2D eigenvalue weighted by molar-refractivity contribution is -0.117. The molecule has 0 bridgehead atoms. The molecule has 0 radical (unpaired) electrons. The van der Waals surface area contributed by atoms with Crippen LogP contribution < -0.4 is 10.0 Å². The molecule has 1 unspecified atom stereocenters. The first kappa shape index (κ1) is 18.2. The van der Waals surface area contributed by atoms with Gasteiger partial charge in [-0.3, -0.25) is 9.52 Å². The van der Waals surface area contributed by atoms with E-state index >= 15 is 0 Å². The van der Waals surface area contributed by atoms with Crippen LogP contribution in [0.5, 0.6) is 0 Å². The van der Waals surface area contributed by atoms with Gasteiger partial charge in [-0.15, -0.1) is 0 Å². The standard InChI is InChI=1S/C20H22N2O3S/c1-26(24,25)22-18-12-7-15(8-13-18)9-14-19(23)21-20(17-10-11-17)16-5-3-2-4-6-16/h2-9,12-14,17,20,22H,10-11H2,1H3,(H,21,23)/b14-9+. The number of benzene rings is 2. The number of rotatable bonds is 7. The van der Waals surface area contributed by atoms with Crippen LogP contribution in [0.2, 0.25) is 0 Å². The molecule has 1 aliphatic rings. The second-order valence-electron chi connectivity index (χ2n) is 6.56. The summed E-state index contributed by atoms with van der Waals surface area (Å²) in [4.78, 5) is 12.3. The van der Waals surface area contributed by atoms with Gasteiger partial charge in [0.15, 0.2) is 0 Å². The van der Waals surface area contributed by atoms with Gasteiger partial charge in [0.05, 0.1) is 12.3 Å². The van der Waals surface area contributed by atoms with E-state index in [0.717, 1.165) is 30.2 Å². The zero-order chi connectivity index (χ0) is 18.6. The molecule has 1 saturated carbocycles. The van der Waals surface area contributed by atoms with Crippen molar-refractivity contribution in [3.8, 4) is 0 Å². The zero-order valence-electron chi connectivity index (χ0n) is 14.6. The predicted octanol–water partition coefficient (Wildman–Crippen LogP) is 3.34. The molecule has 0 spiro atoms. The molecule has 0 saturated heterocycles. The minimum absolute atomic E-state index is 0.0506. The summed E-state index contributed by atoms with van der Waals surface area (Å²) in [6.45, 7) is 0. The van der Waals surface area contributed by atoms with Gasteiger partial charge in [0.25, 0.3) is 0 Å². The highest BCUT2D eigenvalue weighted by atomic mass is 32.2. The average molecular weight is 370 g/mol. The topological polar surface area (TPSA) is 75.3 Å². The Labute approximate surface area is 154 Å². The molecule has 2 aromatic carbocycles. The summed E-state index contributed by atoms with van der Waals surface area (Å²) in [6.07, 6.45) is 6.61. The lowest BCUT2D eigenvalue weighted by Gasteiger charge is -2.17. The van der Waals surface area contributed by atoms with Gasteiger partial charge in [-0.25, -0.2) is 8.42 Å². The largest absolute Gasteiger partial charge is 0.345 e. The van der Waals surface area contributed by atoms with E-state index in [9.17, 15) is 13.2 Å². The molecule has 1 atom stereocenters. The van der Waals surface area contributed by atoms with E-state index in [0.29, 0.717) is 11.6 Å². The van der Waals surface area contributed by atoms with Crippen LogP contribution in [-0.2, 0) is 14.8 Å². The molecule has 0 aliphatic heterocycles. The van der Waals surface area contributed by atoms with Crippen molar-refractivity contribution in [2.24, 2.45) is 5.92 Å². The summed E-state index contributed by atoms with van der Waals surface area (Å²) >= 11 is 0. The van der Waals surface area contributed by atoms with Crippen LogP contribution >= 0.6 is 0 Å². The first-order chi connectivity index (χ1) is 12.4. The number of hydrogen-bond acceptors (Lipinski definition) is 3. The highest BCUT2D eigenvalue weighted by Gasteiger charge is 2.32. The highest BCUT2D eigenvalue weighted by Crippen LogP contribution is 2.40. The third-order valence-corrected chi connectivity index (χ3v) is 4.80. The molecule has 26 heavy (non-hydrogen) atoms. The zero-order valence-corrected chi connectivity index (χ0v) is 15.4. The van der Waals surface area contributed by atoms with E-state index in [2.05, 4.69) is 10.0 Å². The fourth-order valence-electron chi connectivity index (χ4n) is 2.81. The summed E-state index contributed by atoms with van der Waals surface area (Å²) in [5, 5.41) is 3.09. The van der Waals surface area contributed by atoms with Crippen LogP contribution in [0.4, 0.5) is 5.69 Å². The van der Waals surface area contributed by atoms with Crippen LogP contribution in [0.25, 0.3) is 6.08 Å². The van der Waals surface area contributed by atoms with Gasteiger partial charge in [-0.2, -0.15) is 0 Å². The van der Waals surface area contributed by atoms with Crippen molar-refractivity contribution in [3.63, 3.8) is 0 Å². The van der Waals surface area contributed by atoms with Crippen molar-refractivity contribution >= 4 is 27.7 Å². The Kier molecular flexibility index (Phi) is 5.42. The maximum absolute atomic E-state index is 12.3. The minimum Gasteiger partial charge on any atom is -0.345 e. The SMILES string of the molecule is CS(=O)(=O)Nc1ccc(/C=C/C(=O)NC(c2ccccc2)C2CC2)cc1. The molecule has 3 rings (SSSR count). The Bertz CT molecular complexity index is 886. The fraction of sp³-hybridized carbons (Fsp3) is 0.250. The molecule has 136 valence electrons. The fourth-order valence-corrected chi connectivity index (χ4v) is 3.38. The van der Waals surface area contributed by atoms with E-state index in [1.807, 2.05) is 30.3 Å². The number of carbonyl (C=O) groups excluding carboxylic acids is 1. The Balaban J connectivity index is 1.62. The number of anilines is 1. The van der Waals surface area contributed by atoms with Crippen LogP contribution in [0.1, 0.15) is 30.0 Å². The molecular formula is C20H22N2O3S. The van der Waals surface area contributed by atoms with Gasteiger partial charge in [-0.1, -0.05) is 42.5 Å². The van der Waals surface area contributed by atoms with Crippen LogP contribution in [0.15, 0.2) is 60.7 Å². The number of nitrogens with one attached hydrogen (secondary N) is 2. The summed E-state index contributed by atoms with van der Waals surface area (Å²) < 4.78 is 24.8. The van der Waals surface area contributed by atoms with E-state index < -0.39 is 10.0 Å². The first-order valence-electron chi connectivity index (χ1n) is 8.52. The quantitative estimate of drug-likeness (QED) is 0.734. The van der Waals surface area contributed by atoms with Crippen molar-refractivity contribution in [1.82, 2.24) is 5.32 Å². The summed E-state index contributed by atoms with van der Waals surface area (Å²) in [5.41, 5.74) is 2.45. The van der Waals surface area contributed by atoms with Crippen molar-refractivity contribution < 1.29 is 13.2 Å². The second-order valence-corrected chi connectivity index (χ2v) is 8.31. The monoisotopic (exact) mass is 370 g/mol. The molecule has 2 N–H and O–H groups in total. The van der Waals surface area contributed by atoms with Crippen molar-refractivity contribution in [3.05, 3.63) is 71.8 Å². The predicted molar refractivity (Wildman–Crippen MR) is 104 cm³/mol. The molecular weight excluding hydrogens is 348 g/mol. The molecule has 1 aliphatic carbocycles. The van der Waals surface area contributed by atoms with Gasteiger partial charge < -0.3 is 5.32 Å². The second kappa shape index (κ2) is 7.74. The maximum Gasteiger partial charge on any atom is 0.244 e. The lowest BCUT2D eigenvalue weighted by atomic mass is 10.0. The summed E-state index contributed by atoms with van der Waals surface area (Å²) in [6, 6.07) is 16.9. The molecule has 0 aromatic heterocycles. The van der Waals surface area contributed by atoms with E-state index in [4.69, 9.17) is 0 Å². The summed E-state index contributed by atoms with van der Waals surface area (Å²) in [5.74, 6) is 0.375. The number of sulfonamides is 1. The van der Waals surface area contributed by atoms with E-state index in [-0.39, 0.29) is 11.9 Å². The lowest BCUT2D eigenvalue weighted by Crippen LogP contribution is -2.28. The smallest absolute Gasteiger partial charge is 0.244 e. The van der Waals surface area contributed by atoms with Gasteiger partial charge >= 0.3 is 0 Å². The molecule has 1 amide bonds. The third-order valence-electron chi connectivity index (χ3n) is 4.19. The van der Waals surface area contributed by atoms with Gasteiger partial charge in [0.1, 0.15) is 0 Å². The number of amides is 1. The Morgan fingerprint density at radius 3 is 2.31 bits per heavy atom. The van der Waals surface area contributed by atoms with E-state index in [1.165, 1.54) is 6.08 Å². The van der Waals surface area contributed by atoms with Crippen molar-refractivity contribution in [2.45, 2.75) is 18.9 Å². The Morgan fingerprint density at radius 2 is 1.73 bits per heavy atom. The van der Waals surface area contributed by atoms with E-state index in [1.54, 1.807) is 30.3 Å². The van der Waals surface area contributed by atoms with Crippen LogP contribution in [0.3, 0.4) is 0 Å². The van der Waals surface area contributed by atoms with Crippen LogP contribution in [0, 0.1) is 5.92 Å². The highest BCUT2D eigenvalue weighted by molar-refractivity contribution is 7.92.